The predicted octanol–water partition coefficient (Wildman–Crippen LogP) is 3.64. The second-order valence-electron chi connectivity index (χ2n) is 10.3. The van der Waals surface area contributed by atoms with Gasteiger partial charge in [0.25, 0.3) is 0 Å². The number of fused-ring (bicyclic) bond motifs is 1. The molecule has 8 nitrogen and oxygen atoms in total. The maximum Gasteiger partial charge on any atom is 0.410 e. The topological polar surface area (TPSA) is 99.2 Å². The van der Waals surface area contributed by atoms with E-state index in [2.05, 4.69) is 0 Å². The first-order valence-electron chi connectivity index (χ1n) is 12.8. The molecule has 37 heavy (non-hydrogen) atoms. The number of ketones is 1. The number of carboxylic acids is 1. The molecule has 0 saturated carbocycles. The minimum Gasteiger partial charge on any atom is -0.548 e. The van der Waals surface area contributed by atoms with Crippen molar-refractivity contribution < 1.29 is 29.0 Å². The molecule has 0 bridgehead atoms. The molecule has 1 heterocycles. The number of para-hydroxylation sites is 1. The van der Waals surface area contributed by atoms with Crippen molar-refractivity contribution in [3.63, 3.8) is 0 Å². The number of nitrogens with zero attached hydrogens (tertiary/aromatic N) is 2. The predicted molar refractivity (Wildman–Crippen MR) is 140 cm³/mol. The summed E-state index contributed by atoms with van der Waals surface area (Å²) >= 11 is 0. The van der Waals surface area contributed by atoms with E-state index < -0.39 is 11.6 Å². The number of ether oxygens (including phenoxy) is 2. The van der Waals surface area contributed by atoms with Gasteiger partial charge in [0.2, 0.25) is 0 Å². The highest BCUT2D eigenvalue weighted by Gasteiger charge is 2.23. The van der Waals surface area contributed by atoms with Gasteiger partial charge in [0.1, 0.15) is 11.4 Å². The zero-order valence-electron chi connectivity index (χ0n) is 22.2. The molecule has 3 rings (SSSR count). The second-order valence-corrected chi connectivity index (χ2v) is 10.3. The molecule has 0 unspecified atom stereocenters. The summed E-state index contributed by atoms with van der Waals surface area (Å²) in [7, 11) is 1.63. The Balaban J connectivity index is 1.55. The van der Waals surface area contributed by atoms with Crippen LogP contribution in [0.4, 0.5) is 10.5 Å². The molecule has 200 valence electrons. The Bertz CT molecular complexity index is 1110. The van der Waals surface area contributed by atoms with Gasteiger partial charge in [-0.2, -0.15) is 0 Å². The summed E-state index contributed by atoms with van der Waals surface area (Å²) in [6.07, 6.45) is 2.65. The maximum atomic E-state index is 12.8. The summed E-state index contributed by atoms with van der Waals surface area (Å²) in [6.45, 7) is 6.96. The molecule has 0 radical (unpaired) electrons. The minimum absolute atomic E-state index is 0.0407. The van der Waals surface area contributed by atoms with E-state index in [9.17, 15) is 19.5 Å². The van der Waals surface area contributed by atoms with Crippen LogP contribution in [0.2, 0.25) is 0 Å². The number of unbranched alkanes of at least 4 members (excludes halogenated alkanes) is 1. The fraction of sp³-hybridized carbons (Fsp3) is 0.483. The zero-order valence-corrected chi connectivity index (χ0v) is 22.2. The normalized spacial score (nSPS) is 12.7. The lowest BCUT2D eigenvalue weighted by molar-refractivity contribution is -0.303. The Morgan fingerprint density at radius 2 is 1.81 bits per heavy atom. The van der Waals surface area contributed by atoms with Gasteiger partial charge in [-0.3, -0.25) is 4.79 Å². The third-order valence-electron chi connectivity index (χ3n) is 6.29. The van der Waals surface area contributed by atoms with Gasteiger partial charge < -0.3 is 29.2 Å². The number of carbonyl (C=O) groups excluding carboxylic acids is 3. The second kappa shape index (κ2) is 12.6. The van der Waals surface area contributed by atoms with Gasteiger partial charge in [0.05, 0.1) is 19.6 Å². The standard InChI is InChI=1S/C29H38N2O6/c1-29(2,3)37-28(35)30(17-14-21-9-5-6-11-26(21)36-4)16-8-7-10-25(32)23-12-13-24-22(19-23)15-18-31(24)20-27(33)34/h5-6,9,11-13,19H,7-8,10,14-18,20H2,1-4H3,(H,33,34)/p-1. The van der Waals surface area contributed by atoms with Crippen molar-refractivity contribution in [1.82, 2.24) is 4.90 Å². The monoisotopic (exact) mass is 509 g/mol. The van der Waals surface area contributed by atoms with Gasteiger partial charge in [-0.25, -0.2) is 4.79 Å². The molecule has 2 aromatic rings. The summed E-state index contributed by atoms with van der Waals surface area (Å²) in [6, 6.07) is 13.2. The molecule has 0 aliphatic carbocycles. The number of hydrogen-bond acceptors (Lipinski definition) is 7. The molecule has 8 heteroatoms. The van der Waals surface area contributed by atoms with Crippen LogP contribution in [-0.2, 0) is 22.4 Å². The molecule has 0 spiro atoms. The van der Waals surface area contributed by atoms with Crippen molar-refractivity contribution in [2.75, 3.05) is 38.2 Å². The molecule has 0 N–H and O–H groups in total. The summed E-state index contributed by atoms with van der Waals surface area (Å²) in [5, 5.41) is 10.9. The third-order valence-corrected chi connectivity index (χ3v) is 6.29. The fourth-order valence-electron chi connectivity index (χ4n) is 4.48. The number of carbonyl (C=O) groups is 3. The van der Waals surface area contributed by atoms with E-state index in [1.807, 2.05) is 57.2 Å². The van der Waals surface area contributed by atoms with E-state index in [1.54, 1.807) is 23.0 Å². The van der Waals surface area contributed by atoms with E-state index in [1.165, 1.54) is 0 Å². The molecule has 1 aliphatic heterocycles. The maximum absolute atomic E-state index is 12.8. The average Bonchev–Trinajstić information content (AvgIpc) is 3.23. The number of Topliss-reactive ketones (excluding diaryl/α,β-unsaturated/α-hetero) is 1. The lowest BCUT2D eigenvalue weighted by Crippen LogP contribution is -2.38. The number of rotatable bonds is 12. The third kappa shape index (κ3) is 8.23. The SMILES string of the molecule is COc1ccccc1CCN(CCCCC(=O)c1ccc2c(c1)CCN2CC(=O)[O-])C(=O)OC(C)(C)C. The van der Waals surface area contributed by atoms with Crippen molar-refractivity contribution in [3.8, 4) is 5.75 Å². The van der Waals surface area contributed by atoms with Gasteiger partial charge in [0.15, 0.2) is 5.78 Å². The largest absolute Gasteiger partial charge is 0.548 e. The van der Waals surface area contributed by atoms with Gasteiger partial charge in [-0.05, 0) is 81.8 Å². The van der Waals surface area contributed by atoms with E-state index in [-0.39, 0.29) is 18.4 Å². The van der Waals surface area contributed by atoms with Crippen LogP contribution in [0.15, 0.2) is 42.5 Å². The van der Waals surface area contributed by atoms with E-state index >= 15 is 0 Å². The fourth-order valence-corrected chi connectivity index (χ4v) is 4.48. The van der Waals surface area contributed by atoms with E-state index in [4.69, 9.17) is 9.47 Å². The van der Waals surface area contributed by atoms with Gasteiger partial charge in [-0.15, -0.1) is 0 Å². The van der Waals surface area contributed by atoms with Crippen molar-refractivity contribution >= 4 is 23.5 Å². The van der Waals surface area contributed by atoms with Crippen LogP contribution in [0.25, 0.3) is 0 Å². The van der Waals surface area contributed by atoms with Crippen LogP contribution in [0.5, 0.6) is 5.75 Å². The first-order valence-corrected chi connectivity index (χ1v) is 12.8. The van der Waals surface area contributed by atoms with Crippen molar-refractivity contribution in [2.45, 2.75) is 58.5 Å². The lowest BCUT2D eigenvalue weighted by atomic mass is 10.0. The zero-order chi connectivity index (χ0) is 27.0. The van der Waals surface area contributed by atoms with Crippen molar-refractivity contribution in [2.24, 2.45) is 0 Å². The highest BCUT2D eigenvalue weighted by molar-refractivity contribution is 5.97. The molecular weight excluding hydrogens is 472 g/mol. The Hall–Kier alpha value is -3.55. The Morgan fingerprint density at radius 3 is 2.51 bits per heavy atom. The summed E-state index contributed by atoms with van der Waals surface area (Å²) < 4.78 is 11.0. The van der Waals surface area contributed by atoms with Crippen LogP contribution in [-0.4, -0.2) is 61.6 Å². The van der Waals surface area contributed by atoms with Crippen LogP contribution < -0.4 is 14.7 Å². The molecule has 1 amide bonds. The Morgan fingerprint density at radius 1 is 1.05 bits per heavy atom. The first-order chi connectivity index (χ1) is 17.6. The molecular formula is C29H37N2O6-. The summed E-state index contributed by atoms with van der Waals surface area (Å²) in [5.41, 5.74) is 2.89. The number of benzene rings is 2. The highest BCUT2D eigenvalue weighted by atomic mass is 16.6. The number of carboxylic acid groups (broad SMARTS) is 1. The first kappa shape index (κ1) is 28.0. The quantitative estimate of drug-likeness (QED) is 0.318. The molecule has 1 aliphatic rings. The number of hydrogen-bond donors (Lipinski definition) is 0. The number of amides is 1. The van der Waals surface area contributed by atoms with E-state index in [0.717, 1.165) is 22.6 Å². The average molecular weight is 510 g/mol. The van der Waals surface area contributed by atoms with Crippen LogP contribution >= 0.6 is 0 Å². The molecule has 0 aromatic heterocycles. The number of aliphatic carboxylic acids is 1. The van der Waals surface area contributed by atoms with Crippen LogP contribution in [0.3, 0.4) is 0 Å². The molecule has 0 fully saturated rings. The van der Waals surface area contributed by atoms with E-state index in [0.29, 0.717) is 57.3 Å². The minimum atomic E-state index is -1.11. The highest BCUT2D eigenvalue weighted by Crippen LogP contribution is 2.29. The van der Waals surface area contributed by atoms with Crippen LogP contribution in [0.1, 0.15) is 61.5 Å². The molecule has 0 atom stereocenters. The number of methoxy groups -OCH3 is 1. The van der Waals surface area contributed by atoms with Gasteiger partial charge in [0, 0.05) is 37.3 Å². The van der Waals surface area contributed by atoms with Gasteiger partial charge in [-0.1, -0.05) is 18.2 Å². The summed E-state index contributed by atoms with van der Waals surface area (Å²) in [4.78, 5) is 40.1. The molecule has 0 saturated heterocycles. The lowest BCUT2D eigenvalue weighted by Gasteiger charge is -2.27. The Labute approximate surface area is 219 Å². The van der Waals surface area contributed by atoms with Crippen LogP contribution in [0, 0.1) is 0 Å². The summed E-state index contributed by atoms with van der Waals surface area (Å²) in [5.74, 6) is -0.287. The van der Waals surface area contributed by atoms with Crippen molar-refractivity contribution in [3.05, 3.63) is 59.2 Å². The van der Waals surface area contributed by atoms with Crippen molar-refractivity contribution in [1.29, 1.82) is 0 Å². The Kier molecular flexibility index (Phi) is 9.55. The van der Waals surface area contributed by atoms with Gasteiger partial charge >= 0.3 is 6.09 Å². The molecule has 2 aromatic carbocycles. The smallest absolute Gasteiger partial charge is 0.410 e. The number of anilines is 1.